The van der Waals surface area contributed by atoms with Crippen LogP contribution in [0.15, 0.2) is 69.6 Å². The number of fused-ring (bicyclic) bond motifs is 1. The number of aromatic nitrogens is 1. The van der Waals surface area contributed by atoms with Crippen molar-refractivity contribution in [2.24, 2.45) is 4.99 Å². The summed E-state index contributed by atoms with van der Waals surface area (Å²) < 4.78 is 21.1. The van der Waals surface area contributed by atoms with Gasteiger partial charge >= 0.3 is 5.97 Å². The van der Waals surface area contributed by atoms with E-state index in [-0.39, 0.29) is 17.6 Å². The predicted octanol–water partition coefficient (Wildman–Crippen LogP) is 2.86. The largest absolute Gasteiger partial charge is 0.478 e. The van der Waals surface area contributed by atoms with Crippen LogP contribution in [0, 0.1) is 5.82 Å². The molecule has 0 bridgehead atoms. The van der Waals surface area contributed by atoms with Gasteiger partial charge in [-0.3, -0.25) is 9.36 Å². The van der Waals surface area contributed by atoms with E-state index in [0.29, 0.717) is 33.8 Å². The minimum atomic E-state index is -1.30. The number of hydrogen-bond donors (Lipinski definition) is 1. The number of benzene rings is 2. The Labute approximate surface area is 211 Å². The standard InChI is InChI=1S/C27H26FN3O4S/c1-3-27(19-6-8-20(28)9-7-19)23(25(33)34)17(2)29-26-31(27)24(32)22(36-26)16-18-4-10-21(11-5-18)30-12-14-35-15-13-30/h4-11,16H,3,12-15H2,1-2H3,(H,33,34)/b22-16-. The summed E-state index contributed by atoms with van der Waals surface area (Å²) in [6.07, 6.45) is 2.09. The smallest absolute Gasteiger partial charge is 0.336 e. The number of carboxylic acids is 1. The summed E-state index contributed by atoms with van der Waals surface area (Å²) in [5, 5.41) is 10.2. The van der Waals surface area contributed by atoms with Crippen molar-refractivity contribution in [3.05, 3.63) is 96.4 Å². The quantitative estimate of drug-likeness (QED) is 0.574. The van der Waals surface area contributed by atoms with Crippen molar-refractivity contribution in [3.63, 3.8) is 0 Å². The number of ether oxygens (including phenoxy) is 1. The van der Waals surface area contributed by atoms with E-state index < -0.39 is 17.3 Å². The SMILES string of the molecule is CCC1(c2ccc(F)cc2)C(C(=O)O)=C(C)N=c2s/c(=C\c3ccc(N4CCOCC4)cc3)c(=O)n21. The molecule has 0 aliphatic carbocycles. The van der Waals surface area contributed by atoms with Gasteiger partial charge in [0.1, 0.15) is 11.4 Å². The number of rotatable bonds is 5. The monoisotopic (exact) mass is 507 g/mol. The molecule has 0 radical (unpaired) electrons. The van der Waals surface area contributed by atoms with Crippen LogP contribution in [0.4, 0.5) is 10.1 Å². The van der Waals surface area contributed by atoms with Gasteiger partial charge in [0.15, 0.2) is 4.80 Å². The van der Waals surface area contributed by atoms with E-state index in [2.05, 4.69) is 9.89 Å². The zero-order chi connectivity index (χ0) is 25.4. The number of anilines is 1. The highest BCUT2D eigenvalue weighted by Gasteiger charge is 2.45. The molecule has 1 unspecified atom stereocenters. The topological polar surface area (TPSA) is 84.1 Å². The second kappa shape index (κ2) is 9.48. The minimum absolute atomic E-state index is 0.0189. The molecule has 1 aromatic heterocycles. The van der Waals surface area contributed by atoms with Crippen LogP contribution in [0.3, 0.4) is 0 Å². The van der Waals surface area contributed by atoms with Crippen LogP contribution < -0.4 is 19.8 Å². The van der Waals surface area contributed by atoms with E-state index in [0.717, 1.165) is 24.3 Å². The zero-order valence-electron chi connectivity index (χ0n) is 20.0. The molecular weight excluding hydrogens is 481 g/mol. The number of thiazole rings is 1. The van der Waals surface area contributed by atoms with Crippen molar-refractivity contribution < 1.29 is 19.0 Å². The first-order valence-electron chi connectivity index (χ1n) is 11.8. The summed E-state index contributed by atoms with van der Waals surface area (Å²) >= 11 is 1.22. The number of halogens is 1. The van der Waals surface area contributed by atoms with Gasteiger partial charge in [0, 0.05) is 18.8 Å². The predicted molar refractivity (Wildman–Crippen MR) is 137 cm³/mol. The number of aliphatic carboxylic acids is 1. The van der Waals surface area contributed by atoms with E-state index in [1.165, 1.54) is 28.0 Å². The maximum Gasteiger partial charge on any atom is 0.336 e. The molecule has 3 aromatic rings. The van der Waals surface area contributed by atoms with E-state index in [1.807, 2.05) is 31.2 Å². The molecule has 1 fully saturated rings. The lowest BCUT2D eigenvalue weighted by Gasteiger charge is -2.37. The van der Waals surface area contributed by atoms with Crippen LogP contribution >= 0.6 is 11.3 Å². The van der Waals surface area contributed by atoms with E-state index in [1.54, 1.807) is 25.1 Å². The van der Waals surface area contributed by atoms with Gasteiger partial charge in [-0.05, 0) is 54.8 Å². The van der Waals surface area contributed by atoms with E-state index in [9.17, 15) is 19.1 Å². The molecule has 0 amide bonds. The van der Waals surface area contributed by atoms with Gasteiger partial charge in [0.25, 0.3) is 5.56 Å². The minimum Gasteiger partial charge on any atom is -0.478 e. The first-order valence-corrected chi connectivity index (χ1v) is 12.6. The molecular formula is C27H26FN3O4S. The van der Waals surface area contributed by atoms with Crippen molar-refractivity contribution in [1.82, 2.24) is 4.57 Å². The molecule has 7 nitrogen and oxygen atoms in total. The summed E-state index contributed by atoms with van der Waals surface area (Å²) in [6, 6.07) is 13.6. The molecule has 9 heteroatoms. The average molecular weight is 508 g/mol. The Morgan fingerprint density at radius 2 is 1.83 bits per heavy atom. The van der Waals surface area contributed by atoms with Crippen LogP contribution in [0.5, 0.6) is 0 Å². The Bertz CT molecular complexity index is 1520. The molecule has 1 saturated heterocycles. The number of hydrogen-bond acceptors (Lipinski definition) is 6. The molecule has 186 valence electrons. The normalized spacial score (nSPS) is 20.3. The highest BCUT2D eigenvalue weighted by atomic mass is 32.1. The van der Waals surface area contributed by atoms with Crippen LogP contribution in [-0.4, -0.2) is 41.9 Å². The van der Waals surface area contributed by atoms with Gasteiger partial charge in [-0.2, -0.15) is 0 Å². The second-order valence-corrected chi connectivity index (χ2v) is 9.83. The van der Waals surface area contributed by atoms with Crippen LogP contribution in [0.1, 0.15) is 31.4 Å². The number of nitrogens with zero attached hydrogens (tertiary/aromatic N) is 3. The zero-order valence-corrected chi connectivity index (χ0v) is 20.8. The summed E-state index contributed by atoms with van der Waals surface area (Å²) in [4.78, 5) is 33.4. The fourth-order valence-corrected chi connectivity index (χ4v) is 6.20. The molecule has 1 N–H and O–H groups in total. The molecule has 1 atom stereocenters. The lowest BCUT2D eigenvalue weighted by atomic mass is 9.78. The summed E-state index contributed by atoms with van der Waals surface area (Å²) in [5.74, 6) is -1.59. The van der Waals surface area contributed by atoms with Crippen molar-refractivity contribution in [1.29, 1.82) is 0 Å². The Morgan fingerprint density at radius 1 is 1.17 bits per heavy atom. The van der Waals surface area contributed by atoms with Crippen molar-refractivity contribution in [2.75, 3.05) is 31.2 Å². The molecule has 36 heavy (non-hydrogen) atoms. The molecule has 2 aliphatic heterocycles. The Morgan fingerprint density at radius 3 is 2.44 bits per heavy atom. The van der Waals surface area contributed by atoms with Crippen molar-refractivity contribution in [2.45, 2.75) is 25.8 Å². The highest BCUT2D eigenvalue weighted by molar-refractivity contribution is 7.07. The average Bonchev–Trinajstić information content (AvgIpc) is 3.19. The summed E-state index contributed by atoms with van der Waals surface area (Å²) in [7, 11) is 0. The first kappa shape index (κ1) is 24.1. The highest BCUT2D eigenvalue weighted by Crippen LogP contribution is 2.39. The fourth-order valence-electron chi connectivity index (χ4n) is 5.12. The Hall–Kier alpha value is -3.56. The third kappa shape index (κ3) is 3.98. The second-order valence-electron chi connectivity index (χ2n) is 8.82. The van der Waals surface area contributed by atoms with Crippen LogP contribution in [0.25, 0.3) is 6.08 Å². The first-order chi connectivity index (χ1) is 17.3. The maximum atomic E-state index is 13.8. The Kier molecular flexibility index (Phi) is 6.36. The van der Waals surface area contributed by atoms with Gasteiger partial charge in [0.2, 0.25) is 0 Å². The summed E-state index contributed by atoms with van der Waals surface area (Å²) in [6.45, 7) is 6.54. The lowest BCUT2D eigenvalue weighted by Crippen LogP contribution is -2.52. The molecule has 3 heterocycles. The molecule has 0 saturated carbocycles. The van der Waals surface area contributed by atoms with Crippen molar-refractivity contribution in [3.8, 4) is 0 Å². The number of morpholine rings is 1. The maximum absolute atomic E-state index is 13.8. The fraction of sp³-hybridized carbons (Fsp3) is 0.296. The summed E-state index contributed by atoms with van der Waals surface area (Å²) in [5.41, 5.74) is 1.20. The van der Waals surface area contributed by atoms with E-state index in [4.69, 9.17) is 4.74 Å². The van der Waals surface area contributed by atoms with Gasteiger partial charge in [-0.15, -0.1) is 0 Å². The number of carboxylic acid groups (broad SMARTS) is 1. The van der Waals surface area contributed by atoms with Crippen LogP contribution in [-0.2, 0) is 15.1 Å². The van der Waals surface area contributed by atoms with Gasteiger partial charge in [-0.1, -0.05) is 42.5 Å². The van der Waals surface area contributed by atoms with E-state index >= 15 is 0 Å². The molecule has 5 rings (SSSR count). The van der Waals surface area contributed by atoms with Crippen molar-refractivity contribution >= 4 is 29.1 Å². The van der Waals surface area contributed by atoms with Gasteiger partial charge < -0.3 is 14.7 Å². The number of allylic oxidation sites excluding steroid dienone is 1. The van der Waals surface area contributed by atoms with Gasteiger partial charge in [-0.25, -0.2) is 14.2 Å². The molecule has 0 spiro atoms. The third-order valence-corrected chi connectivity index (χ3v) is 7.81. The van der Waals surface area contributed by atoms with Gasteiger partial charge in [0.05, 0.1) is 29.0 Å². The number of carbonyl (C=O) groups is 1. The van der Waals surface area contributed by atoms with Crippen LogP contribution in [0.2, 0.25) is 0 Å². The Balaban J connectivity index is 1.66. The molecule has 2 aromatic carbocycles. The molecule has 2 aliphatic rings. The third-order valence-electron chi connectivity index (χ3n) is 6.84. The lowest BCUT2D eigenvalue weighted by molar-refractivity contribution is -0.133.